The largest absolute Gasteiger partial charge is 0.497 e. The number of benzene rings is 3. The van der Waals surface area contributed by atoms with Crippen LogP contribution in [0, 0.1) is 5.92 Å². The van der Waals surface area contributed by atoms with E-state index in [1.54, 1.807) is 39.3 Å². The number of ether oxygens (including phenoxy) is 3. The Kier molecular flexibility index (Phi) is 8.84. The Bertz CT molecular complexity index is 1330. The van der Waals surface area contributed by atoms with Crippen LogP contribution in [0.2, 0.25) is 0 Å². The summed E-state index contributed by atoms with van der Waals surface area (Å²) in [6, 6.07) is 25.6. The van der Waals surface area contributed by atoms with E-state index in [0.29, 0.717) is 36.1 Å². The quantitative estimate of drug-likeness (QED) is 0.333. The lowest BCUT2D eigenvalue weighted by atomic mass is 9.90. The molecule has 214 valence electrons. The Morgan fingerprint density at radius 1 is 0.927 bits per heavy atom. The number of carbonyl (C=O) groups excluding carboxylic acids is 2. The summed E-state index contributed by atoms with van der Waals surface area (Å²) in [6.07, 6.45) is 0. The first-order valence-corrected chi connectivity index (χ1v) is 13.9. The lowest BCUT2D eigenvalue weighted by molar-refractivity contribution is -0.153. The van der Waals surface area contributed by atoms with E-state index in [1.807, 2.05) is 12.1 Å². The van der Waals surface area contributed by atoms with Gasteiger partial charge < -0.3 is 19.1 Å². The van der Waals surface area contributed by atoms with Gasteiger partial charge in [-0.1, -0.05) is 60.7 Å². The molecule has 2 aliphatic rings. The molecule has 1 saturated heterocycles. The molecule has 1 fully saturated rings. The van der Waals surface area contributed by atoms with Crippen LogP contribution in [0.4, 0.5) is 0 Å². The zero-order valence-electron chi connectivity index (χ0n) is 23.7. The molecule has 0 aliphatic carbocycles. The third kappa shape index (κ3) is 6.05. The van der Waals surface area contributed by atoms with E-state index in [-0.39, 0.29) is 12.6 Å². The molecule has 5 rings (SSSR count). The Hall–Kier alpha value is -4.37. The van der Waals surface area contributed by atoms with Crippen LogP contribution in [-0.4, -0.2) is 74.6 Å². The molecule has 0 aromatic heterocycles. The zero-order chi connectivity index (χ0) is 28.8. The summed E-state index contributed by atoms with van der Waals surface area (Å²) < 4.78 is 16.2. The minimum Gasteiger partial charge on any atom is -0.497 e. The van der Waals surface area contributed by atoms with E-state index >= 15 is 0 Å². The van der Waals surface area contributed by atoms with Crippen molar-refractivity contribution in [1.82, 2.24) is 15.1 Å². The molecular formula is C32H36N4O5. The first-order valence-electron chi connectivity index (χ1n) is 13.9. The summed E-state index contributed by atoms with van der Waals surface area (Å²) in [6.45, 7) is 4.73. The number of aliphatic imine (C=N–C) groups is 1. The number of hydrogen-bond donors (Lipinski definition) is 1. The highest BCUT2D eigenvalue weighted by molar-refractivity contribution is 6.08. The number of esters is 1. The number of methoxy groups -OCH3 is 2. The molecule has 0 bridgehead atoms. The maximum atomic E-state index is 13.4. The van der Waals surface area contributed by atoms with Gasteiger partial charge in [0.1, 0.15) is 17.5 Å². The van der Waals surface area contributed by atoms with Gasteiger partial charge in [0, 0.05) is 37.8 Å². The molecule has 2 atom stereocenters. The number of carbonyl (C=O) groups is 2. The van der Waals surface area contributed by atoms with E-state index in [2.05, 4.69) is 63.6 Å². The van der Waals surface area contributed by atoms with Gasteiger partial charge in [-0.25, -0.2) is 4.99 Å². The smallest absolute Gasteiger partial charge is 0.321 e. The van der Waals surface area contributed by atoms with Gasteiger partial charge in [0.05, 0.1) is 26.9 Å². The number of rotatable bonds is 8. The molecule has 9 nitrogen and oxygen atoms in total. The summed E-state index contributed by atoms with van der Waals surface area (Å²) in [4.78, 5) is 35.8. The van der Waals surface area contributed by atoms with Crippen LogP contribution in [0.3, 0.4) is 0 Å². The molecule has 3 aromatic rings. The van der Waals surface area contributed by atoms with E-state index in [9.17, 15) is 9.59 Å². The predicted molar refractivity (Wildman–Crippen MR) is 156 cm³/mol. The Labute approximate surface area is 240 Å². The lowest BCUT2D eigenvalue weighted by Crippen LogP contribution is -2.57. The number of guanidine groups is 1. The minimum atomic E-state index is -1.14. The molecule has 3 aromatic carbocycles. The summed E-state index contributed by atoms with van der Waals surface area (Å²) in [5, 5.41) is 2.89. The average molecular weight is 557 g/mol. The van der Waals surface area contributed by atoms with Gasteiger partial charge in [0.2, 0.25) is 11.9 Å². The first-order chi connectivity index (χ1) is 20.0. The van der Waals surface area contributed by atoms with E-state index in [1.165, 1.54) is 11.1 Å². The van der Waals surface area contributed by atoms with E-state index in [4.69, 9.17) is 19.2 Å². The van der Waals surface area contributed by atoms with Crippen LogP contribution in [0.25, 0.3) is 0 Å². The number of hydrogen-bond acceptors (Lipinski definition) is 8. The fourth-order valence-corrected chi connectivity index (χ4v) is 5.59. The van der Waals surface area contributed by atoms with E-state index < -0.39 is 23.8 Å². The standard InChI is InChI=1S/C32H36N4O5/c1-4-41-31(38)27-28(25-16-15-24(39-2)21-26(25)40-3)33-32(34-30(27)37)36-19-17-35(18-20-36)29(22-11-7-5-8-12-22)23-13-9-6-10-14-23/h5-16,21,27-29H,4,17-20H2,1-3H3,(H,33,34,37)/t27-,28+/m0/s1. The third-order valence-electron chi connectivity index (χ3n) is 7.60. The van der Waals surface area contributed by atoms with Gasteiger partial charge in [-0.2, -0.15) is 0 Å². The fraction of sp³-hybridized carbons (Fsp3) is 0.344. The maximum absolute atomic E-state index is 13.4. The van der Waals surface area contributed by atoms with Crippen molar-refractivity contribution < 1.29 is 23.8 Å². The molecule has 0 saturated carbocycles. The number of piperazine rings is 1. The molecule has 1 N–H and O–H groups in total. The maximum Gasteiger partial charge on any atom is 0.321 e. The molecule has 1 amide bonds. The van der Waals surface area contributed by atoms with Gasteiger partial charge in [0.15, 0.2) is 5.92 Å². The Morgan fingerprint density at radius 3 is 2.12 bits per heavy atom. The highest BCUT2D eigenvalue weighted by atomic mass is 16.5. The number of nitrogens with zero attached hydrogens (tertiary/aromatic N) is 3. The summed E-state index contributed by atoms with van der Waals surface area (Å²) in [5.41, 5.74) is 3.09. The average Bonchev–Trinajstić information content (AvgIpc) is 3.02. The van der Waals surface area contributed by atoms with Gasteiger partial charge >= 0.3 is 5.97 Å². The Balaban J connectivity index is 1.42. The normalized spacial score (nSPS) is 19.4. The van der Waals surface area contributed by atoms with Crippen molar-refractivity contribution in [3.8, 4) is 11.5 Å². The summed E-state index contributed by atoms with van der Waals surface area (Å²) in [5.74, 6) is -0.652. The van der Waals surface area contributed by atoms with Crippen molar-refractivity contribution in [2.24, 2.45) is 10.9 Å². The van der Waals surface area contributed by atoms with Crippen molar-refractivity contribution >= 4 is 17.8 Å². The Morgan fingerprint density at radius 2 is 1.56 bits per heavy atom. The molecule has 9 heteroatoms. The second-order valence-electron chi connectivity index (χ2n) is 9.97. The predicted octanol–water partition coefficient (Wildman–Crippen LogP) is 3.82. The molecule has 0 spiro atoms. The van der Waals surface area contributed by atoms with Crippen molar-refractivity contribution in [2.45, 2.75) is 19.0 Å². The van der Waals surface area contributed by atoms with Gasteiger partial charge in [-0.05, 0) is 30.2 Å². The molecule has 41 heavy (non-hydrogen) atoms. The van der Waals surface area contributed by atoms with E-state index in [0.717, 1.165) is 13.1 Å². The van der Waals surface area contributed by atoms with Gasteiger partial charge in [-0.15, -0.1) is 0 Å². The first kappa shape index (κ1) is 28.2. The van der Waals surface area contributed by atoms with Crippen LogP contribution in [0.5, 0.6) is 11.5 Å². The highest BCUT2D eigenvalue weighted by Gasteiger charge is 2.43. The highest BCUT2D eigenvalue weighted by Crippen LogP contribution is 2.38. The van der Waals surface area contributed by atoms with Crippen LogP contribution < -0.4 is 14.8 Å². The van der Waals surface area contributed by atoms with Crippen LogP contribution in [0.1, 0.15) is 35.7 Å². The summed E-state index contributed by atoms with van der Waals surface area (Å²) in [7, 11) is 3.11. The van der Waals surface area contributed by atoms with Gasteiger partial charge in [-0.3, -0.25) is 19.8 Å². The molecule has 0 radical (unpaired) electrons. The van der Waals surface area contributed by atoms with Crippen LogP contribution in [-0.2, 0) is 14.3 Å². The topological polar surface area (TPSA) is 92.7 Å². The van der Waals surface area contributed by atoms with Gasteiger partial charge in [0.25, 0.3) is 0 Å². The number of nitrogens with one attached hydrogen (secondary N) is 1. The number of amides is 1. The molecule has 2 heterocycles. The lowest BCUT2D eigenvalue weighted by Gasteiger charge is -2.42. The zero-order valence-corrected chi connectivity index (χ0v) is 23.7. The van der Waals surface area contributed by atoms with Crippen molar-refractivity contribution in [2.75, 3.05) is 47.0 Å². The minimum absolute atomic E-state index is 0.118. The van der Waals surface area contributed by atoms with Crippen molar-refractivity contribution in [3.05, 3.63) is 95.6 Å². The SMILES string of the molecule is CCOC(=O)[C@@H]1C(=O)NC(N2CCN(C(c3ccccc3)c3ccccc3)CC2)=N[C@@H]1c1ccc(OC)cc1OC. The monoisotopic (exact) mass is 556 g/mol. The fourth-order valence-electron chi connectivity index (χ4n) is 5.59. The third-order valence-corrected chi connectivity index (χ3v) is 7.60. The second-order valence-corrected chi connectivity index (χ2v) is 9.97. The summed E-state index contributed by atoms with van der Waals surface area (Å²) >= 11 is 0. The molecular weight excluding hydrogens is 520 g/mol. The van der Waals surface area contributed by atoms with Crippen molar-refractivity contribution in [1.29, 1.82) is 0 Å². The second kappa shape index (κ2) is 12.9. The van der Waals surface area contributed by atoms with Crippen LogP contribution >= 0.6 is 0 Å². The van der Waals surface area contributed by atoms with Crippen molar-refractivity contribution in [3.63, 3.8) is 0 Å². The molecule has 2 aliphatic heterocycles. The molecule has 0 unspecified atom stereocenters. The van der Waals surface area contributed by atoms with Crippen LogP contribution in [0.15, 0.2) is 83.9 Å².